The maximum atomic E-state index is 5.80. The zero-order chi connectivity index (χ0) is 18.2. The van der Waals surface area contributed by atoms with Crippen LogP contribution in [0.5, 0.6) is 5.75 Å². The van der Waals surface area contributed by atoms with Crippen LogP contribution < -0.4 is 15.0 Å². The Balaban J connectivity index is 1.61. The molecule has 0 bridgehead atoms. The van der Waals surface area contributed by atoms with Crippen molar-refractivity contribution in [2.75, 3.05) is 23.3 Å². The lowest BCUT2D eigenvalue weighted by Gasteiger charge is -2.18. The molecule has 2 aromatic carbocycles. The maximum absolute atomic E-state index is 5.80. The van der Waals surface area contributed by atoms with E-state index in [1.54, 1.807) is 6.20 Å². The minimum Gasteiger partial charge on any atom is -0.489 e. The Hall–Kier alpha value is -3.15. The number of benzene rings is 2. The molecular weight excluding hydrogens is 326 g/mol. The Morgan fingerprint density at radius 1 is 0.962 bits per heavy atom. The lowest BCUT2D eigenvalue weighted by atomic mass is 10.2. The van der Waals surface area contributed by atoms with Crippen LogP contribution in [-0.4, -0.2) is 28.3 Å². The van der Waals surface area contributed by atoms with Gasteiger partial charge in [0.15, 0.2) is 5.82 Å². The number of anilines is 3. The van der Waals surface area contributed by atoms with Crippen molar-refractivity contribution in [2.24, 2.45) is 0 Å². The summed E-state index contributed by atoms with van der Waals surface area (Å²) in [5.74, 6) is 2.12. The number of rotatable bonds is 8. The summed E-state index contributed by atoms with van der Waals surface area (Å²) in [6.45, 7) is 6.38. The molecule has 134 valence electrons. The first-order valence-electron chi connectivity index (χ1n) is 8.77. The van der Waals surface area contributed by atoms with Crippen LogP contribution in [0, 0.1) is 0 Å². The first kappa shape index (κ1) is 17.7. The van der Waals surface area contributed by atoms with E-state index >= 15 is 0 Å². The van der Waals surface area contributed by atoms with Gasteiger partial charge in [-0.2, -0.15) is 10.1 Å². The Bertz CT molecular complexity index is 804. The standard InChI is InChI=1S/C20H23N5O/c1-3-25(4-2)20-23-19(14-21-24-20)22-17-10-12-18(13-11-17)26-15-16-8-6-5-7-9-16/h5-14H,3-4,15H2,1-2H3,(H,22,23,24). The summed E-state index contributed by atoms with van der Waals surface area (Å²) in [6, 6.07) is 17.9. The highest BCUT2D eigenvalue weighted by Gasteiger charge is 2.07. The Morgan fingerprint density at radius 2 is 1.69 bits per heavy atom. The third-order valence-corrected chi connectivity index (χ3v) is 3.97. The van der Waals surface area contributed by atoms with E-state index in [4.69, 9.17) is 4.74 Å². The molecule has 3 aromatic rings. The summed E-state index contributed by atoms with van der Waals surface area (Å²) in [5, 5.41) is 11.4. The average molecular weight is 349 g/mol. The summed E-state index contributed by atoms with van der Waals surface area (Å²) < 4.78 is 5.80. The molecule has 0 fully saturated rings. The molecule has 3 rings (SSSR count). The Labute approximate surface area is 153 Å². The third kappa shape index (κ3) is 4.69. The number of aromatic nitrogens is 3. The van der Waals surface area contributed by atoms with Crippen molar-refractivity contribution in [3.8, 4) is 5.75 Å². The molecule has 1 aromatic heterocycles. The number of nitrogens with one attached hydrogen (secondary N) is 1. The second-order valence-electron chi connectivity index (χ2n) is 5.74. The van der Waals surface area contributed by atoms with Gasteiger partial charge in [0.05, 0.1) is 6.20 Å². The molecule has 0 atom stereocenters. The van der Waals surface area contributed by atoms with E-state index in [9.17, 15) is 0 Å². The van der Waals surface area contributed by atoms with Gasteiger partial charge in [-0.3, -0.25) is 0 Å². The Morgan fingerprint density at radius 3 is 2.38 bits per heavy atom. The van der Waals surface area contributed by atoms with Crippen molar-refractivity contribution in [1.82, 2.24) is 15.2 Å². The second-order valence-corrected chi connectivity index (χ2v) is 5.74. The largest absolute Gasteiger partial charge is 0.489 e. The number of hydrogen-bond donors (Lipinski definition) is 1. The molecule has 6 nitrogen and oxygen atoms in total. The zero-order valence-electron chi connectivity index (χ0n) is 15.1. The van der Waals surface area contributed by atoms with Crippen LogP contribution in [0.2, 0.25) is 0 Å². The van der Waals surface area contributed by atoms with Gasteiger partial charge in [-0.15, -0.1) is 5.10 Å². The predicted octanol–water partition coefficient (Wildman–Crippen LogP) is 4.04. The second kappa shape index (κ2) is 8.80. The molecule has 6 heteroatoms. The smallest absolute Gasteiger partial charge is 0.247 e. The normalized spacial score (nSPS) is 10.4. The number of hydrogen-bond acceptors (Lipinski definition) is 6. The van der Waals surface area contributed by atoms with E-state index in [-0.39, 0.29) is 0 Å². The maximum Gasteiger partial charge on any atom is 0.247 e. The molecule has 0 radical (unpaired) electrons. The van der Waals surface area contributed by atoms with Crippen molar-refractivity contribution >= 4 is 17.5 Å². The van der Waals surface area contributed by atoms with E-state index in [1.165, 1.54) is 0 Å². The number of nitrogens with zero attached hydrogens (tertiary/aromatic N) is 4. The molecule has 0 aliphatic heterocycles. The number of ether oxygens (including phenoxy) is 1. The molecule has 26 heavy (non-hydrogen) atoms. The SMILES string of the molecule is CCN(CC)c1nncc(Nc2ccc(OCc3ccccc3)cc2)n1. The topological polar surface area (TPSA) is 63.2 Å². The van der Waals surface area contributed by atoms with Crippen LogP contribution in [-0.2, 0) is 6.61 Å². The summed E-state index contributed by atoms with van der Waals surface area (Å²) in [7, 11) is 0. The highest BCUT2D eigenvalue weighted by molar-refractivity contribution is 5.57. The summed E-state index contributed by atoms with van der Waals surface area (Å²) in [4.78, 5) is 6.57. The van der Waals surface area contributed by atoms with Gasteiger partial charge in [0.25, 0.3) is 0 Å². The fraction of sp³-hybridized carbons (Fsp3) is 0.250. The summed E-state index contributed by atoms with van der Waals surface area (Å²) >= 11 is 0. The van der Waals surface area contributed by atoms with E-state index in [0.717, 1.165) is 30.1 Å². The van der Waals surface area contributed by atoms with Crippen LogP contribution in [0.25, 0.3) is 0 Å². The molecule has 0 aliphatic carbocycles. The monoisotopic (exact) mass is 349 g/mol. The molecule has 0 spiro atoms. The van der Waals surface area contributed by atoms with Crippen molar-refractivity contribution in [1.29, 1.82) is 0 Å². The zero-order valence-corrected chi connectivity index (χ0v) is 15.1. The highest BCUT2D eigenvalue weighted by Crippen LogP contribution is 2.20. The van der Waals surface area contributed by atoms with Crippen molar-refractivity contribution < 1.29 is 4.74 Å². The van der Waals surface area contributed by atoms with Crippen LogP contribution >= 0.6 is 0 Å². The van der Waals surface area contributed by atoms with Gasteiger partial charge in [-0.1, -0.05) is 30.3 Å². The predicted molar refractivity (Wildman–Crippen MR) is 104 cm³/mol. The van der Waals surface area contributed by atoms with Crippen LogP contribution in [0.1, 0.15) is 19.4 Å². The lowest BCUT2D eigenvalue weighted by Crippen LogP contribution is -2.24. The molecule has 0 saturated carbocycles. The van der Waals surface area contributed by atoms with Gasteiger partial charge in [-0.05, 0) is 43.7 Å². The molecule has 1 heterocycles. The fourth-order valence-corrected chi connectivity index (χ4v) is 2.52. The van der Waals surface area contributed by atoms with Gasteiger partial charge in [-0.25, -0.2) is 0 Å². The Kier molecular flexibility index (Phi) is 5.98. The van der Waals surface area contributed by atoms with E-state index in [0.29, 0.717) is 18.4 Å². The lowest BCUT2D eigenvalue weighted by molar-refractivity contribution is 0.306. The summed E-state index contributed by atoms with van der Waals surface area (Å²) in [6.07, 6.45) is 1.62. The van der Waals surface area contributed by atoms with Gasteiger partial charge < -0.3 is 15.0 Å². The molecular formula is C20H23N5O. The van der Waals surface area contributed by atoms with Crippen molar-refractivity contribution in [3.05, 3.63) is 66.4 Å². The molecule has 0 aliphatic rings. The fourth-order valence-electron chi connectivity index (χ4n) is 2.52. The highest BCUT2D eigenvalue weighted by atomic mass is 16.5. The summed E-state index contributed by atoms with van der Waals surface area (Å²) in [5.41, 5.74) is 2.06. The minimum absolute atomic E-state index is 0.552. The molecule has 0 amide bonds. The van der Waals surface area contributed by atoms with Crippen molar-refractivity contribution in [3.63, 3.8) is 0 Å². The van der Waals surface area contributed by atoms with E-state index < -0.39 is 0 Å². The van der Waals surface area contributed by atoms with Gasteiger partial charge in [0.2, 0.25) is 5.95 Å². The minimum atomic E-state index is 0.552. The first-order valence-corrected chi connectivity index (χ1v) is 8.77. The van der Waals surface area contributed by atoms with Gasteiger partial charge >= 0.3 is 0 Å². The van der Waals surface area contributed by atoms with Crippen LogP contribution in [0.15, 0.2) is 60.8 Å². The average Bonchev–Trinajstić information content (AvgIpc) is 2.70. The van der Waals surface area contributed by atoms with Gasteiger partial charge in [0.1, 0.15) is 12.4 Å². The molecule has 1 N–H and O–H groups in total. The molecule has 0 unspecified atom stereocenters. The quantitative estimate of drug-likeness (QED) is 0.662. The van der Waals surface area contributed by atoms with Crippen molar-refractivity contribution in [2.45, 2.75) is 20.5 Å². The van der Waals surface area contributed by atoms with E-state index in [1.807, 2.05) is 54.6 Å². The van der Waals surface area contributed by atoms with Crippen LogP contribution in [0.3, 0.4) is 0 Å². The van der Waals surface area contributed by atoms with Crippen LogP contribution in [0.4, 0.5) is 17.5 Å². The van der Waals surface area contributed by atoms with E-state index in [2.05, 4.69) is 39.2 Å². The molecule has 0 saturated heterocycles. The van der Waals surface area contributed by atoms with Gasteiger partial charge in [0, 0.05) is 18.8 Å². The first-order chi connectivity index (χ1) is 12.8. The third-order valence-electron chi connectivity index (χ3n) is 3.97.